The average molecular weight is 276 g/mol. The van der Waals surface area contributed by atoms with Crippen LogP contribution in [-0.2, 0) is 11.2 Å². The van der Waals surface area contributed by atoms with Crippen LogP contribution in [-0.4, -0.2) is 10.9 Å². The lowest BCUT2D eigenvalue weighted by Crippen LogP contribution is -2.14. The zero-order valence-corrected chi connectivity index (χ0v) is 11.0. The molecule has 0 atom stereocenters. The highest BCUT2D eigenvalue weighted by Gasteiger charge is 2.09. The third kappa shape index (κ3) is 3.85. The Morgan fingerprint density at radius 2 is 2.05 bits per heavy atom. The topological polar surface area (TPSA) is 42.0 Å². The van der Waals surface area contributed by atoms with E-state index >= 15 is 0 Å². The van der Waals surface area contributed by atoms with E-state index in [0.29, 0.717) is 6.42 Å². The molecule has 1 aromatic heterocycles. The van der Waals surface area contributed by atoms with Crippen molar-refractivity contribution in [2.45, 2.75) is 19.8 Å². The van der Waals surface area contributed by atoms with Crippen molar-refractivity contribution >= 4 is 11.6 Å². The predicted molar refractivity (Wildman–Crippen MR) is 72.3 cm³/mol. The molecule has 1 heterocycles. The number of anilines is 1. The maximum Gasteiger partial charge on any atom is 0.239 e. The monoisotopic (exact) mass is 276 g/mol. The molecule has 0 bridgehead atoms. The second kappa shape index (κ2) is 6.23. The van der Waals surface area contributed by atoms with Gasteiger partial charge in [0.05, 0.1) is 5.69 Å². The summed E-state index contributed by atoms with van der Waals surface area (Å²) in [4.78, 5) is 14.7. The van der Waals surface area contributed by atoms with Crippen molar-refractivity contribution in [1.82, 2.24) is 4.98 Å². The number of hydrogen-bond acceptors (Lipinski definition) is 2. The molecule has 0 aliphatic heterocycles. The number of carbonyl (C=O) groups is 1. The molecule has 1 amide bonds. The van der Waals surface area contributed by atoms with Gasteiger partial charge in [0.15, 0.2) is 0 Å². The summed E-state index contributed by atoms with van der Waals surface area (Å²) in [5.41, 5.74) is 2.05. The molecule has 104 valence electrons. The number of aryl methyl sites for hydroxylation is 2. The Labute approximate surface area is 115 Å². The third-order valence-corrected chi connectivity index (χ3v) is 2.81. The number of aromatic nitrogens is 1. The molecule has 0 saturated carbocycles. The second-order valence-electron chi connectivity index (χ2n) is 4.51. The fraction of sp³-hybridized carbons (Fsp3) is 0.200. The number of rotatable bonds is 4. The number of amides is 1. The molecular weight excluding hydrogens is 262 g/mol. The number of benzene rings is 1. The van der Waals surface area contributed by atoms with Crippen LogP contribution in [0.2, 0.25) is 0 Å². The van der Waals surface area contributed by atoms with Crippen molar-refractivity contribution in [3.05, 3.63) is 59.4 Å². The molecule has 0 fully saturated rings. The van der Waals surface area contributed by atoms with Crippen molar-refractivity contribution in [1.29, 1.82) is 0 Å². The van der Waals surface area contributed by atoms with E-state index in [-0.39, 0.29) is 18.0 Å². The Kier molecular flexibility index (Phi) is 4.40. The van der Waals surface area contributed by atoms with E-state index in [1.807, 2.05) is 31.2 Å². The van der Waals surface area contributed by atoms with E-state index in [1.165, 1.54) is 0 Å². The van der Waals surface area contributed by atoms with Crippen molar-refractivity contribution in [3.63, 3.8) is 0 Å². The van der Waals surface area contributed by atoms with Crippen LogP contribution < -0.4 is 5.32 Å². The van der Waals surface area contributed by atoms with Gasteiger partial charge in [-0.15, -0.1) is 0 Å². The van der Waals surface area contributed by atoms with Crippen LogP contribution in [0.25, 0.3) is 0 Å². The van der Waals surface area contributed by atoms with Gasteiger partial charge in [0, 0.05) is 6.42 Å². The molecule has 1 N–H and O–H groups in total. The van der Waals surface area contributed by atoms with Crippen LogP contribution in [0, 0.1) is 18.8 Å². The smallest absolute Gasteiger partial charge is 0.239 e. The zero-order valence-electron chi connectivity index (χ0n) is 11.0. The SMILES string of the molecule is Cc1cccc(CCC(=O)Nc2ccc(F)nc2F)c1. The van der Waals surface area contributed by atoms with Crippen LogP contribution >= 0.6 is 0 Å². The fourth-order valence-electron chi connectivity index (χ4n) is 1.84. The number of halogens is 2. The van der Waals surface area contributed by atoms with E-state index in [4.69, 9.17) is 0 Å². The van der Waals surface area contributed by atoms with Gasteiger partial charge in [-0.3, -0.25) is 4.79 Å². The number of nitrogens with one attached hydrogen (secondary N) is 1. The highest BCUT2D eigenvalue weighted by Crippen LogP contribution is 2.13. The maximum atomic E-state index is 13.3. The van der Waals surface area contributed by atoms with Gasteiger partial charge in [0.1, 0.15) is 0 Å². The molecule has 0 radical (unpaired) electrons. The van der Waals surface area contributed by atoms with Gasteiger partial charge >= 0.3 is 0 Å². The van der Waals surface area contributed by atoms with Crippen LogP contribution in [0.5, 0.6) is 0 Å². The number of hydrogen-bond donors (Lipinski definition) is 1. The minimum Gasteiger partial charge on any atom is -0.322 e. The predicted octanol–water partition coefficient (Wildman–Crippen LogP) is 3.24. The molecule has 5 heteroatoms. The lowest BCUT2D eigenvalue weighted by Gasteiger charge is -2.06. The zero-order chi connectivity index (χ0) is 14.5. The molecule has 2 aromatic rings. The van der Waals surface area contributed by atoms with Gasteiger partial charge in [-0.2, -0.15) is 13.8 Å². The number of nitrogens with zero attached hydrogens (tertiary/aromatic N) is 1. The Hall–Kier alpha value is -2.30. The van der Waals surface area contributed by atoms with Crippen LogP contribution in [0.15, 0.2) is 36.4 Å². The first-order valence-corrected chi connectivity index (χ1v) is 6.22. The van der Waals surface area contributed by atoms with Gasteiger partial charge in [0.2, 0.25) is 17.8 Å². The Bertz CT molecular complexity index is 629. The van der Waals surface area contributed by atoms with Crippen molar-refractivity contribution in [2.24, 2.45) is 0 Å². The second-order valence-corrected chi connectivity index (χ2v) is 4.51. The van der Waals surface area contributed by atoms with Gasteiger partial charge in [0.25, 0.3) is 0 Å². The Balaban J connectivity index is 1.92. The van der Waals surface area contributed by atoms with E-state index in [1.54, 1.807) is 0 Å². The first-order chi connectivity index (χ1) is 9.54. The molecule has 0 aliphatic carbocycles. The normalized spacial score (nSPS) is 10.3. The van der Waals surface area contributed by atoms with Crippen LogP contribution in [0.1, 0.15) is 17.5 Å². The number of carbonyl (C=O) groups excluding carboxylic acids is 1. The van der Waals surface area contributed by atoms with E-state index < -0.39 is 11.9 Å². The molecule has 0 spiro atoms. The summed E-state index contributed by atoms with van der Waals surface area (Å²) < 4.78 is 25.9. The first-order valence-electron chi connectivity index (χ1n) is 6.22. The lowest BCUT2D eigenvalue weighted by atomic mass is 10.1. The standard InChI is InChI=1S/C15H14F2N2O/c1-10-3-2-4-11(9-10)5-8-14(20)18-12-6-7-13(16)19-15(12)17/h2-4,6-7,9H,5,8H2,1H3,(H,18,20). The van der Waals surface area contributed by atoms with E-state index in [0.717, 1.165) is 23.3 Å². The van der Waals surface area contributed by atoms with E-state index in [2.05, 4.69) is 10.3 Å². The highest BCUT2D eigenvalue weighted by molar-refractivity contribution is 5.90. The fourth-order valence-corrected chi connectivity index (χ4v) is 1.84. The van der Waals surface area contributed by atoms with Crippen LogP contribution in [0.4, 0.5) is 14.5 Å². The summed E-state index contributed by atoms with van der Waals surface area (Å²) >= 11 is 0. The van der Waals surface area contributed by atoms with Gasteiger partial charge in [-0.25, -0.2) is 0 Å². The van der Waals surface area contributed by atoms with Gasteiger partial charge < -0.3 is 5.32 Å². The first kappa shape index (κ1) is 14.1. The molecule has 20 heavy (non-hydrogen) atoms. The summed E-state index contributed by atoms with van der Waals surface area (Å²) in [7, 11) is 0. The van der Waals surface area contributed by atoms with Gasteiger partial charge in [-0.05, 0) is 31.0 Å². The van der Waals surface area contributed by atoms with Crippen LogP contribution in [0.3, 0.4) is 0 Å². The molecule has 0 unspecified atom stereocenters. The Morgan fingerprint density at radius 1 is 1.25 bits per heavy atom. The molecular formula is C15H14F2N2O. The summed E-state index contributed by atoms with van der Waals surface area (Å²) in [5.74, 6) is -2.27. The van der Waals surface area contributed by atoms with Crippen molar-refractivity contribution in [3.8, 4) is 0 Å². The maximum absolute atomic E-state index is 13.3. The molecule has 3 nitrogen and oxygen atoms in total. The summed E-state index contributed by atoms with van der Waals surface area (Å²) in [6.07, 6.45) is 0.782. The lowest BCUT2D eigenvalue weighted by molar-refractivity contribution is -0.116. The minimum atomic E-state index is -1.02. The third-order valence-electron chi connectivity index (χ3n) is 2.81. The quantitative estimate of drug-likeness (QED) is 0.871. The number of pyridine rings is 1. The Morgan fingerprint density at radius 3 is 2.75 bits per heavy atom. The summed E-state index contributed by atoms with van der Waals surface area (Å²) in [5, 5.41) is 2.38. The summed E-state index contributed by atoms with van der Waals surface area (Å²) in [6.45, 7) is 1.98. The molecule has 0 aliphatic rings. The minimum absolute atomic E-state index is 0.111. The van der Waals surface area contributed by atoms with Gasteiger partial charge in [-0.1, -0.05) is 29.8 Å². The molecule has 2 rings (SSSR count). The summed E-state index contributed by atoms with van der Waals surface area (Å²) in [6, 6.07) is 9.98. The molecule has 1 aromatic carbocycles. The molecule has 0 saturated heterocycles. The average Bonchev–Trinajstić information content (AvgIpc) is 2.40. The van der Waals surface area contributed by atoms with E-state index in [9.17, 15) is 13.6 Å². The van der Waals surface area contributed by atoms with Crippen molar-refractivity contribution in [2.75, 3.05) is 5.32 Å². The highest BCUT2D eigenvalue weighted by atomic mass is 19.1. The largest absolute Gasteiger partial charge is 0.322 e. The van der Waals surface area contributed by atoms with Crippen molar-refractivity contribution < 1.29 is 13.6 Å².